The predicted molar refractivity (Wildman–Crippen MR) is 92.5 cm³/mol. The van der Waals surface area contributed by atoms with Crippen LogP contribution >= 0.6 is 0 Å². The molecule has 2 heterocycles. The smallest absolute Gasteiger partial charge is 0.340 e. The molecule has 1 aliphatic rings. The third-order valence-electron chi connectivity index (χ3n) is 4.17. The first-order chi connectivity index (χ1) is 13.0. The van der Waals surface area contributed by atoms with E-state index in [1.54, 1.807) is 6.20 Å². The van der Waals surface area contributed by atoms with Crippen molar-refractivity contribution in [3.63, 3.8) is 0 Å². The number of ether oxygens (including phenoxy) is 1. The molecule has 0 amide bonds. The lowest BCUT2D eigenvalue weighted by Gasteiger charge is -2.08. The minimum Gasteiger partial charge on any atom is -0.465 e. The average Bonchev–Trinajstić information content (AvgIpc) is 3.42. The van der Waals surface area contributed by atoms with E-state index in [1.807, 2.05) is 10.9 Å². The van der Waals surface area contributed by atoms with Gasteiger partial charge in [-0.1, -0.05) is 6.07 Å². The van der Waals surface area contributed by atoms with Crippen molar-refractivity contribution in [2.24, 2.45) is 0 Å². The molecule has 1 N–H and O–H groups in total. The molecule has 4 rings (SSSR count). The number of benzene rings is 1. The zero-order valence-corrected chi connectivity index (χ0v) is 14.3. The van der Waals surface area contributed by atoms with Gasteiger partial charge in [0.05, 0.1) is 36.8 Å². The summed E-state index contributed by atoms with van der Waals surface area (Å²) in [5.41, 5.74) is 0.530. The SMILES string of the molecule is COC(=O)c1ccc(-c2nc(Nc3cnn(C4CC4)c3)ncc2F)cc1F. The van der Waals surface area contributed by atoms with Crippen molar-refractivity contribution in [2.45, 2.75) is 18.9 Å². The molecule has 1 aromatic carbocycles. The van der Waals surface area contributed by atoms with Crippen LogP contribution < -0.4 is 5.32 Å². The maximum Gasteiger partial charge on any atom is 0.340 e. The van der Waals surface area contributed by atoms with Crippen LogP contribution in [0.15, 0.2) is 36.8 Å². The number of hydrogen-bond donors (Lipinski definition) is 1. The summed E-state index contributed by atoms with van der Waals surface area (Å²) in [6.07, 6.45) is 6.67. The Bertz CT molecular complexity index is 1020. The maximum absolute atomic E-state index is 14.2. The molecule has 9 heteroatoms. The van der Waals surface area contributed by atoms with Gasteiger partial charge in [-0.25, -0.2) is 23.5 Å². The Morgan fingerprint density at radius 1 is 1.26 bits per heavy atom. The van der Waals surface area contributed by atoms with Gasteiger partial charge in [-0.15, -0.1) is 0 Å². The van der Waals surface area contributed by atoms with Gasteiger partial charge in [0.25, 0.3) is 0 Å². The molecule has 0 atom stereocenters. The molecule has 3 aromatic rings. The highest BCUT2D eigenvalue weighted by Crippen LogP contribution is 2.34. The lowest BCUT2D eigenvalue weighted by Crippen LogP contribution is -2.05. The van der Waals surface area contributed by atoms with E-state index in [-0.39, 0.29) is 22.8 Å². The second-order valence-electron chi connectivity index (χ2n) is 6.14. The number of halogens is 2. The van der Waals surface area contributed by atoms with Crippen LogP contribution in [-0.2, 0) is 4.74 Å². The summed E-state index contributed by atoms with van der Waals surface area (Å²) in [6, 6.07) is 4.09. The molecule has 138 valence electrons. The third-order valence-corrected chi connectivity index (χ3v) is 4.17. The highest BCUT2D eigenvalue weighted by atomic mass is 19.1. The Hall–Kier alpha value is -3.36. The minimum atomic E-state index is -0.822. The van der Waals surface area contributed by atoms with Crippen LogP contribution in [0, 0.1) is 11.6 Å². The second-order valence-corrected chi connectivity index (χ2v) is 6.14. The number of carbonyl (C=O) groups is 1. The number of carbonyl (C=O) groups excluding carboxylic acids is 1. The largest absolute Gasteiger partial charge is 0.465 e. The van der Waals surface area contributed by atoms with E-state index in [2.05, 4.69) is 25.1 Å². The van der Waals surface area contributed by atoms with Crippen molar-refractivity contribution < 1.29 is 18.3 Å². The Morgan fingerprint density at radius 2 is 2.07 bits per heavy atom. The Morgan fingerprint density at radius 3 is 2.78 bits per heavy atom. The number of nitrogens with zero attached hydrogens (tertiary/aromatic N) is 4. The highest BCUT2D eigenvalue weighted by molar-refractivity contribution is 5.90. The number of methoxy groups -OCH3 is 1. The number of aromatic nitrogens is 4. The summed E-state index contributed by atoms with van der Waals surface area (Å²) < 4.78 is 34.7. The van der Waals surface area contributed by atoms with E-state index in [0.29, 0.717) is 11.7 Å². The summed E-state index contributed by atoms with van der Waals surface area (Å²) in [6.45, 7) is 0. The molecule has 2 aromatic heterocycles. The van der Waals surface area contributed by atoms with Crippen LogP contribution in [0.1, 0.15) is 29.2 Å². The molecule has 7 nitrogen and oxygen atoms in total. The monoisotopic (exact) mass is 371 g/mol. The molecule has 1 saturated carbocycles. The van der Waals surface area contributed by atoms with Crippen LogP contribution in [0.4, 0.5) is 20.4 Å². The van der Waals surface area contributed by atoms with Crippen LogP contribution in [-0.4, -0.2) is 32.8 Å². The summed E-state index contributed by atoms with van der Waals surface area (Å²) >= 11 is 0. The average molecular weight is 371 g/mol. The van der Waals surface area contributed by atoms with Crippen LogP contribution in [0.25, 0.3) is 11.3 Å². The van der Waals surface area contributed by atoms with Gasteiger partial charge in [0.15, 0.2) is 5.82 Å². The lowest BCUT2D eigenvalue weighted by molar-refractivity contribution is 0.0595. The topological polar surface area (TPSA) is 81.9 Å². The van der Waals surface area contributed by atoms with Gasteiger partial charge >= 0.3 is 5.97 Å². The molecule has 27 heavy (non-hydrogen) atoms. The first-order valence-corrected chi connectivity index (χ1v) is 8.27. The van der Waals surface area contributed by atoms with Crippen LogP contribution in [0.5, 0.6) is 0 Å². The minimum absolute atomic E-state index is 0.0857. The molecule has 1 fully saturated rings. The first-order valence-electron chi connectivity index (χ1n) is 8.27. The van der Waals surface area contributed by atoms with Crippen LogP contribution in [0.3, 0.4) is 0 Å². The molecule has 0 unspecified atom stereocenters. The highest BCUT2D eigenvalue weighted by Gasteiger charge is 2.24. The zero-order valence-electron chi connectivity index (χ0n) is 14.3. The number of rotatable bonds is 5. The Kier molecular flexibility index (Phi) is 4.27. The van der Waals surface area contributed by atoms with Gasteiger partial charge in [-0.3, -0.25) is 4.68 Å². The molecule has 1 aliphatic carbocycles. The van der Waals surface area contributed by atoms with Gasteiger partial charge in [0.1, 0.15) is 11.5 Å². The maximum atomic E-state index is 14.2. The molecule has 0 radical (unpaired) electrons. The number of anilines is 2. The summed E-state index contributed by atoms with van der Waals surface area (Å²) in [7, 11) is 1.16. The zero-order chi connectivity index (χ0) is 19.0. The van der Waals surface area contributed by atoms with E-state index < -0.39 is 17.6 Å². The quantitative estimate of drug-likeness (QED) is 0.692. The standard InChI is InChI=1S/C18H15F2N5O2/c1-27-17(26)13-5-2-10(6-14(13)19)16-15(20)8-21-18(24-16)23-11-7-22-25(9-11)12-3-4-12/h2,5-9,12H,3-4H2,1H3,(H,21,23,24). The fourth-order valence-corrected chi connectivity index (χ4v) is 2.64. The van der Waals surface area contributed by atoms with Gasteiger partial charge in [-0.05, 0) is 25.0 Å². The van der Waals surface area contributed by atoms with E-state index in [0.717, 1.165) is 32.2 Å². The normalized spacial score (nSPS) is 13.4. The Labute approximate surface area is 153 Å². The Balaban J connectivity index is 1.61. The fraction of sp³-hybridized carbons (Fsp3) is 0.222. The van der Waals surface area contributed by atoms with Crippen molar-refractivity contribution in [3.8, 4) is 11.3 Å². The number of esters is 1. The third kappa shape index (κ3) is 3.48. The molecule has 0 aliphatic heterocycles. The molecular weight excluding hydrogens is 356 g/mol. The fourth-order valence-electron chi connectivity index (χ4n) is 2.64. The number of nitrogens with one attached hydrogen (secondary N) is 1. The van der Waals surface area contributed by atoms with Crippen molar-refractivity contribution >= 4 is 17.6 Å². The van der Waals surface area contributed by atoms with E-state index >= 15 is 0 Å². The van der Waals surface area contributed by atoms with Crippen LogP contribution in [0.2, 0.25) is 0 Å². The van der Waals surface area contributed by atoms with Gasteiger partial charge in [0, 0.05) is 11.8 Å². The van der Waals surface area contributed by atoms with Gasteiger partial charge in [-0.2, -0.15) is 5.10 Å². The summed E-state index contributed by atoms with van der Waals surface area (Å²) in [4.78, 5) is 19.5. The molecule has 0 saturated heterocycles. The van der Waals surface area contributed by atoms with Crippen molar-refractivity contribution in [2.75, 3.05) is 12.4 Å². The molecular formula is C18H15F2N5O2. The number of hydrogen-bond acceptors (Lipinski definition) is 6. The molecule has 0 bridgehead atoms. The van der Waals surface area contributed by atoms with Crippen molar-refractivity contribution in [1.82, 2.24) is 19.7 Å². The molecule has 0 spiro atoms. The van der Waals surface area contributed by atoms with Gasteiger partial charge in [0.2, 0.25) is 5.95 Å². The first kappa shape index (κ1) is 17.1. The van der Waals surface area contributed by atoms with E-state index in [4.69, 9.17) is 0 Å². The second kappa shape index (κ2) is 6.75. The predicted octanol–water partition coefficient (Wildman–Crippen LogP) is 3.48. The summed E-state index contributed by atoms with van der Waals surface area (Å²) in [5, 5.41) is 7.21. The van der Waals surface area contributed by atoms with E-state index in [9.17, 15) is 13.6 Å². The van der Waals surface area contributed by atoms with Crippen molar-refractivity contribution in [3.05, 3.63) is 54.0 Å². The van der Waals surface area contributed by atoms with Crippen molar-refractivity contribution in [1.29, 1.82) is 0 Å². The summed E-state index contributed by atoms with van der Waals surface area (Å²) in [5.74, 6) is -2.19. The van der Waals surface area contributed by atoms with E-state index in [1.165, 1.54) is 12.1 Å². The lowest BCUT2D eigenvalue weighted by atomic mass is 10.1. The van der Waals surface area contributed by atoms with Gasteiger partial charge < -0.3 is 10.1 Å².